The molecule has 4 rings (SSSR count). The van der Waals surface area contributed by atoms with E-state index in [1.54, 1.807) is 7.11 Å². The number of aromatic amines is 1. The molecule has 6 heteroatoms. The first-order valence-electron chi connectivity index (χ1n) is 8.33. The number of hydrogen-bond acceptors (Lipinski definition) is 4. The Bertz CT molecular complexity index is 847. The molecule has 2 heterocycles. The zero-order valence-corrected chi connectivity index (χ0v) is 14.0. The van der Waals surface area contributed by atoms with Gasteiger partial charge in [0, 0.05) is 6.42 Å². The predicted molar refractivity (Wildman–Crippen MR) is 91.0 cm³/mol. The molecule has 2 aromatic heterocycles. The van der Waals surface area contributed by atoms with Gasteiger partial charge in [-0.15, -0.1) is 0 Å². The Balaban J connectivity index is 1.69. The summed E-state index contributed by atoms with van der Waals surface area (Å²) in [5, 5.41) is 12.0. The molecule has 1 aliphatic carbocycles. The van der Waals surface area contributed by atoms with Gasteiger partial charge >= 0.3 is 0 Å². The molecular formula is C18H21N5O. The standard InChI is InChI=1S/C18H21N5O/c1-12-11-19-21-17(12)18-20-16(22-23(18)14-6-4-7-14)10-13-5-3-8-15(9-13)24-2/h3,5,8-9,11,14H,4,6-7,10H2,1-2H3,(H,19,21). The van der Waals surface area contributed by atoms with Crippen LogP contribution in [-0.4, -0.2) is 32.1 Å². The quantitative estimate of drug-likeness (QED) is 0.782. The molecular weight excluding hydrogens is 302 g/mol. The summed E-state index contributed by atoms with van der Waals surface area (Å²) in [5.74, 6) is 2.59. The molecule has 1 saturated carbocycles. The Morgan fingerprint density at radius 2 is 2.21 bits per heavy atom. The van der Waals surface area contributed by atoms with E-state index in [2.05, 4.69) is 20.9 Å². The predicted octanol–water partition coefficient (Wildman–Crippen LogP) is 3.30. The Hall–Kier alpha value is -2.63. The third kappa shape index (κ3) is 2.68. The van der Waals surface area contributed by atoms with Gasteiger partial charge < -0.3 is 4.74 Å². The Kier molecular flexibility index (Phi) is 3.80. The first-order valence-corrected chi connectivity index (χ1v) is 8.33. The van der Waals surface area contributed by atoms with Crippen molar-refractivity contribution in [2.75, 3.05) is 7.11 Å². The SMILES string of the molecule is COc1cccc(Cc2nc(-c3[nH]ncc3C)n(C3CCC3)n2)c1. The summed E-state index contributed by atoms with van der Waals surface area (Å²) < 4.78 is 7.38. The van der Waals surface area contributed by atoms with E-state index in [0.717, 1.165) is 34.2 Å². The van der Waals surface area contributed by atoms with Crippen molar-refractivity contribution in [1.82, 2.24) is 25.0 Å². The van der Waals surface area contributed by atoms with Crippen molar-refractivity contribution >= 4 is 0 Å². The third-order valence-corrected chi connectivity index (χ3v) is 4.64. The van der Waals surface area contributed by atoms with Crippen LogP contribution in [0.4, 0.5) is 0 Å². The molecule has 1 N–H and O–H groups in total. The summed E-state index contributed by atoms with van der Waals surface area (Å²) in [5.41, 5.74) is 3.20. The highest BCUT2D eigenvalue weighted by Gasteiger charge is 2.26. The van der Waals surface area contributed by atoms with Gasteiger partial charge in [0.2, 0.25) is 0 Å². The van der Waals surface area contributed by atoms with Crippen LogP contribution in [0.2, 0.25) is 0 Å². The second-order valence-corrected chi connectivity index (χ2v) is 6.34. The largest absolute Gasteiger partial charge is 0.497 e. The molecule has 1 aromatic carbocycles. The lowest BCUT2D eigenvalue weighted by atomic mass is 9.93. The monoisotopic (exact) mass is 323 g/mol. The Morgan fingerprint density at radius 3 is 2.88 bits per heavy atom. The Morgan fingerprint density at radius 1 is 1.33 bits per heavy atom. The number of ether oxygens (including phenoxy) is 1. The van der Waals surface area contributed by atoms with Gasteiger partial charge in [-0.25, -0.2) is 9.67 Å². The number of H-pyrrole nitrogens is 1. The number of benzene rings is 1. The van der Waals surface area contributed by atoms with Crippen molar-refractivity contribution in [2.45, 2.75) is 38.6 Å². The number of aryl methyl sites for hydroxylation is 1. The average molecular weight is 323 g/mol. The normalized spacial score (nSPS) is 14.6. The molecule has 1 fully saturated rings. The zero-order valence-electron chi connectivity index (χ0n) is 14.0. The maximum absolute atomic E-state index is 5.30. The van der Waals surface area contributed by atoms with E-state index in [0.29, 0.717) is 12.5 Å². The zero-order chi connectivity index (χ0) is 16.5. The van der Waals surface area contributed by atoms with Crippen molar-refractivity contribution in [2.24, 2.45) is 0 Å². The molecule has 1 aliphatic rings. The third-order valence-electron chi connectivity index (χ3n) is 4.64. The van der Waals surface area contributed by atoms with Crippen molar-refractivity contribution in [3.63, 3.8) is 0 Å². The van der Waals surface area contributed by atoms with Gasteiger partial charge in [-0.3, -0.25) is 5.10 Å². The van der Waals surface area contributed by atoms with E-state index >= 15 is 0 Å². The molecule has 0 aliphatic heterocycles. The van der Waals surface area contributed by atoms with E-state index in [9.17, 15) is 0 Å². The number of aromatic nitrogens is 5. The minimum atomic E-state index is 0.453. The summed E-state index contributed by atoms with van der Waals surface area (Å²) >= 11 is 0. The fraction of sp³-hybridized carbons (Fsp3) is 0.389. The van der Waals surface area contributed by atoms with E-state index < -0.39 is 0 Å². The number of methoxy groups -OCH3 is 1. The molecule has 24 heavy (non-hydrogen) atoms. The minimum absolute atomic E-state index is 0.453. The maximum atomic E-state index is 5.30. The molecule has 0 saturated heterocycles. The van der Waals surface area contributed by atoms with Crippen LogP contribution in [0, 0.1) is 6.92 Å². The first-order chi connectivity index (χ1) is 11.7. The van der Waals surface area contributed by atoms with Crippen LogP contribution in [0.3, 0.4) is 0 Å². The number of nitrogens with zero attached hydrogens (tertiary/aromatic N) is 4. The fourth-order valence-corrected chi connectivity index (χ4v) is 3.04. The molecule has 6 nitrogen and oxygen atoms in total. The van der Waals surface area contributed by atoms with Gasteiger partial charge in [0.1, 0.15) is 11.4 Å². The number of nitrogens with one attached hydrogen (secondary N) is 1. The summed E-state index contributed by atoms with van der Waals surface area (Å²) in [7, 11) is 1.68. The summed E-state index contributed by atoms with van der Waals surface area (Å²) in [6, 6.07) is 8.51. The van der Waals surface area contributed by atoms with E-state index in [1.165, 1.54) is 19.3 Å². The van der Waals surface area contributed by atoms with Gasteiger partial charge in [0.15, 0.2) is 11.6 Å². The minimum Gasteiger partial charge on any atom is -0.497 e. The fourth-order valence-electron chi connectivity index (χ4n) is 3.04. The lowest BCUT2D eigenvalue weighted by Crippen LogP contribution is -2.19. The van der Waals surface area contributed by atoms with Gasteiger partial charge in [0.25, 0.3) is 0 Å². The summed E-state index contributed by atoms with van der Waals surface area (Å²) in [6.07, 6.45) is 6.12. The van der Waals surface area contributed by atoms with Gasteiger partial charge in [-0.05, 0) is 49.4 Å². The Labute approximate surface area is 140 Å². The highest BCUT2D eigenvalue weighted by molar-refractivity contribution is 5.54. The molecule has 0 atom stereocenters. The highest BCUT2D eigenvalue weighted by Crippen LogP contribution is 2.34. The van der Waals surface area contributed by atoms with Crippen LogP contribution in [0.5, 0.6) is 5.75 Å². The van der Waals surface area contributed by atoms with E-state index in [1.807, 2.05) is 31.3 Å². The first kappa shape index (κ1) is 14.9. The number of hydrogen-bond donors (Lipinski definition) is 1. The van der Waals surface area contributed by atoms with E-state index in [-0.39, 0.29) is 0 Å². The lowest BCUT2D eigenvalue weighted by Gasteiger charge is -2.26. The average Bonchev–Trinajstić information content (AvgIpc) is 3.12. The highest BCUT2D eigenvalue weighted by atomic mass is 16.5. The van der Waals surface area contributed by atoms with Crippen LogP contribution >= 0.6 is 0 Å². The smallest absolute Gasteiger partial charge is 0.177 e. The van der Waals surface area contributed by atoms with Crippen LogP contribution < -0.4 is 4.74 Å². The van der Waals surface area contributed by atoms with Gasteiger partial charge in [-0.2, -0.15) is 10.2 Å². The molecule has 0 amide bonds. The molecule has 0 unspecified atom stereocenters. The van der Waals surface area contributed by atoms with Crippen LogP contribution in [0.25, 0.3) is 11.5 Å². The van der Waals surface area contributed by atoms with Crippen LogP contribution in [-0.2, 0) is 6.42 Å². The summed E-state index contributed by atoms with van der Waals surface area (Å²) in [4.78, 5) is 4.81. The van der Waals surface area contributed by atoms with Crippen molar-refractivity contribution in [3.8, 4) is 17.3 Å². The molecule has 0 radical (unpaired) electrons. The van der Waals surface area contributed by atoms with Crippen molar-refractivity contribution in [3.05, 3.63) is 47.4 Å². The van der Waals surface area contributed by atoms with Crippen LogP contribution in [0.1, 0.15) is 42.3 Å². The van der Waals surface area contributed by atoms with E-state index in [4.69, 9.17) is 14.8 Å². The second-order valence-electron chi connectivity index (χ2n) is 6.34. The summed E-state index contributed by atoms with van der Waals surface area (Å²) in [6.45, 7) is 2.04. The number of rotatable bonds is 5. The van der Waals surface area contributed by atoms with Crippen molar-refractivity contribution < 1.29 is 4.74 Å². The molecule has 0 bridgehead atoms. The molecule has 3 aromatic rings. The maximum Gasteiger partial charge on any atom is 0.177 e. The van der Waals surface area contributed by atoms with Gasteiger partial charge in [-0.1, -0.05) is 12.1 Å². The van der Waals surface area contributed by atoms with Crippen LogP contribution in [0.15, 0.2) is 30.5 Å². The lowest BCUT2D eigenvalue weighted by molar-refractivity contribution is 0.290. The van der Waals surface area contributed by atoms with Gasteiger partial charge in [0.05, 0.1) is 19.3 Å². The molecule has 0 spiro atoms. The second kappa shape index (κ2) is 6.11. The molecule has 124 valence electrons. The topological polar surface area (TPSA) is 68.6 Å². The van der Waals surface area contributed by atoms with Crippen molar-refractivity contribution in [1.29, 1.82) is 0 Å².